The first-order chi connectivity index (χ1) is 10.8. The van der Waals surface area contributed by atoms with Crippen molar-refractivity contribution < 1.29 is 4.74 Å². The minimum atomic E-state index is 0.681. The van der Waals surface area contributed by atoms with Crippen molar-refractivity contribution in [3.63, 3.8) is 0 Å². The molecule has 0 fully saturated rings. The van der Waals surface area contributed by atoms with Crippen LogP contribution in [0.2, 0.25) is 0 Å². The van der Waals surface area contributed by atoms with Crippen molar-refractivity contribution in [2.24, 2.45) is 0 Å². The van der Waals surface area contributed by atoms with Gasteiger partial charge in [0.25, 0.3) is 0 Å². The van der Waals surface area contributed by atoms with E-state index in [1.165, 1.54) is 0 Å². The molecule has 2 heterocycles. The summed E-state index contributed by atoms with van der Waals surface area (Å²) in [5.74, 6) is 1.63. The average molecular weight is 290 g/mol. The van der Waals surface area contributed by atoms with Gasteiger partial charge in [-0.2, -0.15) is 0 Å². The molecule has 0 bridgehead atoms. The standard InChI is InChI=1S/C17H14N4O/c1-22-13-8-6-12(7-9-13)10-16-19-17-14-4-2-3-5-15(14)18-11-21(17)20-16/h2-9,11H,10H2,1H3. The Balaban J connectivity index is 1.74. The fraction of sp³-hybridized carbons (Fsp3) is 0.118. The highest BCUT2D eigenvalue weighted by Crippen LogP contribution is 2.18. The molecular formula is C17H14N4O. The molecule has 0 aliphatic heterocycles. The molecule has 0 N–H and O–H groups in total. The van der Waals surface area contributed by atoms with Gasteiger partial charge in [-0.25, -0.2) is 14.5 Å². The van der Waals surface area contributed by atoms with E-state index in [1.807, 2.05) is 48.5 Å². The van der Waals surface area contributed by atoms with Crippen LogP contribution in [-0.2, 0) is 6.42 Å². The van der Waals surface area contributed by atoms with Crippen LogP contribution in [-0.4, -0.2) is 26.7 Å². The molecule has 5 heteroatoms. The lowest BCUT2D eigenvalue weighted by Crippen LogP contribution is -1.93. The van der Waals surface area contributed by atoms with Crippen LogP contribution < -0.4 is 4.74 Å². The topological polar surface area (TPSA) is 52.3 Å². The summed E-state index contributed by atoms with van der Waals surface area (Å²) in [5.41, 5.74) is 2.92. The molecule has 2 aromatic carbocycles. The van der Waals surface area contributed by atoms with Crippen LogP contribution in [0.1, 0.15) is 11.4 Å². The van der Waals surface area contributed by atoms with Gasteiger partial charge < -0.3 is 4.74 Å². The van der Waals surface area contributed by atoms with Gasteiger partial charge in [0.2, 0.25) is 0 Å². The first-order valence-electron chi connectivity index (χ1n) is 7.05. The molecule has 5 nitrogen and oxygen atoms in total. The molecule has 0 atom stereocenters. The highest BCUT2D eigenvalue weighted by atomic mass is 16.5. The van der Waals surface area contributed by atoms with Crippen molar-refractivity contribution in [1.82, 2.24) is 19.6 Å². The Kier molecular flexibility index (Phi) is 2.96. The second-order valence-corrected chi connectivity index (χ2v) is 5.08. The van der Waals surface area contributed by atoms with Crippen molar-refractivity contribution in [1.29, 1.82) is 0 Å². The number of fused-ring (bicyclic) bond motifs is 3. The third kappa shape index (κ3) is 2.16. The van der Waals surface area contributed by atoms with Gasteiger partial charge >= 0.3 is 0 Å². The van der Waals surface area contributed by atoms with Crippen LogP contribution in [0.25, 0.3) is 16.6 Å². The van der Waals surface area contributed by atoms with Crippen molar-refractivity contribution in [2.75, 3.05) is 7.11 Å². The van der Waals surface area contributed by atoms with Crippen molar-refractivity contribution >= 4 is 16.6 Å². The second kappa shape index (κ2) is 5.11. The number of nitrogens with zero attached hydrogens (tertiary/aromatic N) is 4. The van der Waals surface area contributed by atoms with Gasteiger partial charge in [0, 0.05) is 11.8 Å². The number of rotatable bonds is 3. The predicted octanol–water partition coefficient (Wildman–Crippen LogP) is 2.88. The Hall–Kier alpha value is -2.95. The Bertz CT molecular complexity index is 944. The Morgan fingerprint density at radius 2 is 1.86 bits per heavy atom. The third-order valence-corrected chi connectivity index (χ3v) is 3.65. The Morgan fingerprint density at radius 1 is 1.05 bits per heavy atom. The van der Waals surface area contributed by atoms with E-state index in [1.54, 1.807) is 18.0 Å². The second-order valence-electron chi connectivity index (χ2n) is 5.08. The molecule has 22 heavy (non-hydrogen) atoms. The zero-order valence-electron chi connectivity index (χ0n) is 12.1. The monoisotopic (exact) mass is 290 g/mol. The summed E-state index contributed by atoms with van der Waals surface area (Å²) in [5, 5.41) is 5.53. The number of hydrogen-bond donors (Lipinski definition) is 0. The van der Waals surface area contributed by atoms with E-state index in [2.05, 4.69) is 15.1 Å². The molecule has 0 unspecified atom stereocenters. The molecule has 0 aliphatic rings. The summed E-state index contributed by atoms with van der Waals surface area (Å²) in [4.78, 5) is 9.06. The summed E-state index contributed by atoms with van der Waals surface area (Å²) >= 11 is 0. The van der Waals surface area contributed by atoms with Crippen molar-refractivity contribution in [3.05, 3.63) is 66.2 Å². The molecule has 108 valence electrons. The van der Waals surface area contributed by atoms with Crippen LogP contribution in [0.5, 0.6) is 5.75 Å². The van der Waals surface area contributed by atoms with Crippen LogP contribution in [0.4, 0.5) is 0 Å². The van der Waals surface area contributed by atoms with E-state index >= 15 is 0 Å². The van der Waals surface area contributed by atoms with Crippen LogP contribution in [0, 0.1) is 0 Å². The summed E-state index contributed by atoms with van der Waals surface area (Å²) < 4.78 is 6.91. The molecular weight excluding hydrogens is 276 g/mol. The van der Waals surface area contributed by atoms with Gasteiger partial charge in [0.1, 0.15) is 12.1 Å². The quantitative estimate of drug-likeness (QED) is 0.582. The largest absolute Gasteiger partial charge is 0.497 e. The number of hydrogen-bond acceptors (Lipinski definition) is 4. The van der Waals surface area contributed by atoms with Crippen molar-refractivity contribution in [2.45, 2.75) is 6.42 Å². The maximum atomic E-state index is 5.17. The number of ether oxygens (including phenoxy) is 1. The van der Waals surface area contributed by atoms with Gasteiger partial charge in [-0.15, -0.1) is 5.10 Å². The number of aromatic nitrogens is 4. The van der Waals surface area contributed by atoms with Gasteiger partial charge in [0.15, 0.2) is 11.5 Å². The third-order valence-electron chi connectivity index (χ3n) is 3.65. The minimum Gasteiger partial charge on any atom is -0.497 e. The summed E-state index contributed by atoms with van der Waals surface area (Å²) in [6, 6.07) is 15.9. The van der Waals surface area contributed by atoms with Crippen molar-refractivity contribution in [3.8, 4) is 5.75 Å². The van der Waals surface area contributed by atoms with E-state index in [0.717, 1.165) is 33.7 Å². The first kappa shape index (κ1) is 12.8. The lowest BCUT2D eigenvalue weighted by Gasteiger charge is -2.00. The van der Waals surface area contributed by atoms with E-state index in [4.69, 9.17) is 4.74 Å². The number of para-hydroxylation sites is 1. The minimum absolute atomic E-state index is 0.681. The van der Waals surface area contributed by atoms with E-state index in [-0.39, 0.29) is 0 Å². The normalized spacial score (nSPS) is 11.1. The molecule has 4 aromatic rings. The molecule has 2 aromatic heterocycles. The average Bonchev–Trinajstić information content (AvgIpc) is 2.98. The van der Waals surface area contributed by atoms with Gasteiger partial charge in [-0.3, -0.25) is 0 Å². The fourth-order valence-corrected chi connectivity index (χ4v) is 2.52. The summed E-state index contributed by atoms with van der Waals surface area (Å²) in [6.07, 6.45) is 2.39. The van der Waals surface area contributed by atoms with Gasteiger partial charge in [-0.1, -0.05) is 24.3 Å². The zero-order chi connectivity index (χ0) is 14.9. The maximum absolute atomic E-state index is 5.17. The highest BCUT2D eigenvalue weighted by molar-refractivity contribution is 5.90. The van der Waals surface area contributed by atoms with E-state index < -0.39 is 0 Å². The first-order valence-corrected chi connectivity index (χ1v) is 7.05. The van der Waals surface area contributed by atoms with Gasteiger partial charge in [0.05, 0.1) is 12.6 Å². The molecule has 0 radical (unpaired) electrons. The molecule has 0 saturated heterocycles. The Labute approximate surface area is 127 Å². The molecule has 0 saturated carbocycles. The lowest BCUT2D eigenvalue weighted by molar-refractivity contribution is 0.414. The molecule has 0 amide bonds. The Morgan fingerprint density at radius 3 is 2.68 bits per heavy atom. The number of benzene rings is 2. The SMILES string of the molecule is COc1ccc(Cc2nc3c4ccccc4ncn3n2)cc1. The summed E-state index contributed by atoms with van der Waals surface area (Å²) in [7, 11) is 1.66. The van der Waals surface area contributed by atoms with Crippen LogP contribution in [0.3, 0.4) is 0 Å². The zero-order valence-corrected chi connectivity index (χ0v) is 12.1. The summed E-state index contributed by atoms with van der Waals surface area (Å²) in [6.45, 7) is 0. The predicted molar refractivity (Wildman–Crippen MR) is 84.1 cm³/mol. The van der Waals surface area contributed by atoms with Crippen LogP contribution in [0.15, 0.2) is 54.9 Å². The fourth-order valence-electron chi connectivity index (χ4n) is 2.52. The van der Waals surface area contributed by atoms with Crippen LogP contribution >= 0.6 is 0 Å². The molecule has 4 rings (SSSR count). The lowest BCUT2D eigenvalue weighted by atomic mass is 10.1. The highest BCUT2D eigenvalue weighted by Gasteiger charge is 2.08. The number of methoxy groups -OCH3 is 1. The van der Waals surface area contributed by atoms with E-state index in [0.29, 0.717) is 6.42 Å². The smallest absolute Gasteiger partial charge is 0.166 e. The van der Waals surface area contributed by atoms with E-state index in [9.17, 15) is 0 Å². The maximum Gasteiger partial charge on any atom is 0.166 e. The van der Waals surface area contributed by atoms with Gasteiger partial charge in [-0.05, 0) is 29.8 Å². The molecule has 0 spiro atoms. The molecule has 0 aliphatic carbocycles.